The molecule has 0 aromatic carbocycles. The Labute approximate surface area is 108 Å². The lowest BCUT2D eigenvalue weighted by atomic mass is 10.00. The van der Waals surface area contributed by atoms with Crippen molar-refractivity contribution in [2.45, 2.75) is 12.8 Å². The Morgan fingerprint density at radius 1 is 1.62 bits per heavy atom. The van der Waals surface area contributed by atoms with Crippen molar-refractivity contribution >= 4 is 33.4 Å². The van der Waals surface area contributed by atoms with Crippen molar-refractivity contribution in [3.05, 3.63) is 22.6 Å². The lowest BCUT2D eigenvalue weighted by Gasteiger charge is -2.31. The second kappa shape index (κ2) is 5.23. The molecule has 0 saturated carbocycles. The molecule has 88 valence electrons. The third-order valence-electron chi connectivity index (χ3n) is 2.81. The van der Waals surface area contributed by atoms with E-state index >= 15 is 0 Å². The molecule has 2 heterocycles. The van der Waals surface area contributed by atoms with Crippen LogP contribution in [0, 0.1) is 5.92 Å². The summed E-state index contributed by atoms with van der Waals surface area (Å²) in [6, 6.07) is 3.42. The maximum absolute atomic E-state index is 12.0. The molecular formula is C11H13BrClNO2. The predicted molar refractivity (Wildman–Crippen MR) is 65.8 cm³/mol. The Hall–Kier alpha value is -0.480. The summed E-state index contributed by atoms with van der Waals surface area (Å²) in [7, 11) is 0. The van der Waals surface area contributed by atoms with Gasteiger partial charge in [0.15, 0.2) is 10.4 Å². The van der Waals surface area contributed by atoms with Crippen LogP contribution in [0.5, 0.6) is 0 Å². The minimum absolute atomic E-state index is 0.0412. The second-order valence-electron chi connectivity index (χ2n) is 4.02. The molecule has 5 heteroatoms. The van der Waals surface area contributed by atoms with Gasteiger partial charge in [0.25, 0.3) is 5.91 Å². The summed E-state index contributed by atoms with van der Waals surface area (Å²) in [6.45, 7) is 1.53. The molecule has 1 unspecified atom stereocenters. The second-order valence-corrected chi connectivity index (χ2v) is 5.11. The molecule has 0 bridgehead atoms. The molecule has 1 atom stereocenters. The number of amides is 1. The lowest BCUT2D eigenvalue weighted by Crippen LogP contribution is -2.40. The fourth-order valence-electron chi connectivity index (χ4n) is 1.96. The monoisotopic (exact) mass is 305 g/mol. The van der Waals surface area contributed by atoms with Crippen molar-refractivity contribution in [3.63, 3.8) is 0 Å². The fraction of sp³-hybridized carbons (Fsp3) is 0.545. The van der Waals surface area contributed by atoms with E-state index in [0.717, 1.165) is 25.9 Å². The number of piperidine rings is 1. The highest BCUT2D eigenvalue weighted by molar-refractivity contribution is 9.10. The van der Waals surface area contributed by atoms with Crippen LogP contribution in [0.1, 0.15) is 23.4 Å². The first-order valence-electron chi connectivity index (χ1n) is 5.31. The number of furan rings is 1. The van der Waals surface area contributed by atoms with E-state index in [1.165, 1.54) is 0 Å². The summed E-state index contributed by atoms with van der Waals surface area (Å²) in [6.07, 6.45) is 2.13. The van der Waals surface area contributed by atoms with Gasteiger partial charge in [0.2, 0.25) is 0 Å². The minimum atomic E-state index is -0.0412. The number of rotatable bonds is 2. The molecule has 16 heavy (non-hydrogen) atoms. The molecule has 3 nitrogen and oxygen atoms in total. The summed E-state index contributed by atoms with van der Waals surface area (Å²) in [5.74, 6) is 1.38. The van der Waals surface area contributed by atoms with Crippen LogP contribution in [-0.4, -0.2) is 29.8 Å². The first kappa shape index (κ1) is 12.0. The molecular weight excluding hydrogens is 293 g/mol. The summed E-state index contributed by atoms with van der Waals surface area (Å²) in [4.78, 5) is 13.9. The van der Waals surface area contributed by atoms with Gasteiger partial charge in [0.1, 0.15) is 0 Å². The quantitative estimate of drug-likeness (QED) is 0.787. The first-order valence-corrected chi connectivity index (χ1v) is 6.64. The normalized spacial score (nSPS) is 21.1. The number of alkyl halides is 1. The summed E-state index contributed by atoms with van der Waals surface area (Å²) < 4.78 is 5.84. The Morgan fingerprint density at radius 3 is 3.06 bits per heavy atom. The van der Waals surface area contributed by atoms with Crippen molar-refractivity contribution in [2.24, 2.45) is 5.92 Å². The van der Waals surface area contributed by atoms with E-state index in [2.05, 4.69) is 15.9 Å². The van der Waals surface area contributed by atoms with Crippen LogP contribution < -0.4 is 0 Å². The van der Waals surface area contributed by atoms with Crippen molar-refractivity contribution < 1.29 is 9.21 Å². The van der Waals surface area contributed by atoms with Gasteiger partial charge >= 0.3 is 0 Å². The van der Waals surface area contributed by atoms with Crippen molar-refractivity contribution in [3.8, 4) is 0 Å². The Bertz CT molecular complexity index is 380. The average Bonchev–Trinajstić information content (AvgIpc) is 2.75. The first-order chi connectivity index (χ1) is 7.70. The molecule has 1 saturated heterocycles. The van der Waals surface area contributed by atoms with E-state index in [0.29, 0.717) is 22.2 Å². The van der Waals surface area contributed by atoms with Crippen molar-refractivity contribution in [1.82, 2.24) is 4.90 Å². The van der Waals surface area contributed by atoms with Gasteiger partial charge in [-0.25, -0.2) is 0 Å². The van der Waals surface area contributed by atoms with Crippen LogP contribution in [0.4, 0.5) is 0 Å². The van der Waals surface area contributed by atoms with Gasteiger partial charge in [0.05, 0.1) is 0 Å². The van der Waals surface area contributed by atoms with E-state index in [1.807, 2.05) is 4.90 Å². The van der Waals surface area contributed by atoms with Crippen molar-refractivity contribution in [2.75, 3.05) is 19.0 Å². The molecule has 1 aromatic heterocycles. The summed E-state index contributed by atoms with van der Waals surface area (Å²) >= 11 is 9.02. The van der Waals surface area contributed by atoms with Gasteiger partial charge in [0, 0.05) is 19.0 Å². The summed E-state index contributed by atoms with van der Waals surface area (Å²) in [5.41, 5.74) is 0. The largest absolute Gasteiger partial charge is 0.444 e. The molecule has 0 spiro atoms. The Kier molecular flexibility index (Phi) is 3.92. The molecule has 1 amide bonds. The van der Waals surface area contributed by atoms with Crippen LogP contribution >= 0.6 is 27.5 Å². The topological polar surface area (TPSA) is 33.5 Å². The van der Waals surface area contributed by atoms with Crippen LogP contribution in [0.25, 0.3) is 0 Å². The average molecular weight is 307 g/mol. The molecule has 0 N–H and O–H groups in total. The zero-order valence-corrected chi connectivity index (χ0v) is 11.1. The molecule has 1 aliphatic heterocycles. The highest BCUT2D eigenvalue weighted by Crippen LogP contribution is 2.21. The molecule has 1 aliphatic rings. The van der Waals surface area contributed by atoms with Crippen molar-refractivity contribution in [1.29, 1.82) is 0 Å². The third kappa shape index (κ3) is 2.61. The number of carbonyl (C=O) groups excluding carboxylic acids is 1. The standard InChI is InChI=1S/C11H13BrClNO2/c12-10-4-3-9(16-10)11(15)14-5-1-2-8(6-13)7-14/h3-4,8H,1-2,5-7H2. The van der Waals surface area contributed by atoms with Gasteiger partial charge in [-0.1, -0.05) is 0 Å². The van der Waals surface area contributed by atoms with Gasteiger partial charge < -0.3 is 9.32 Å². The van der Waals surface area contributed by atoms with E-state index in [-0.39, 0.29) is 5.91 Å². The van der Waals surface area contributed by atoms with Gasteiger partial charge in [-0.3, -0.25) is 4.79 Å². The van der Waals surface area contributed by atoms with Crippen LogP contribution in [0.2, 0.25) is 0 Å². The number of halogens is 2. The number of carbonyl (C=O) groups is 1. The van der Waals surface area contributed by atoms with Gasteiger partial charge in [-0.15, -0.1) is 11.6 Å². The highest BCUT2D eigenvalue weighted by atomic mass is 79.9. The van der Waals surface area contributed by atoms with Crippen LogP contribution in [0.15, 0.2) is 21.2 Å². The molecule has 2 rings (SSSR count). The van der Waals surface area contributed by atoms with Gasteiger partial charge in [-0.2, -0.15) is 0 Å². The SMILES string of the molecule is O=C(c1ccc(Br)o1)N1CCCC(CCl)C1. The number of hydrogen-bond donors (Lipinski definition) is 0. The highest BCUT2D eigenvalue weighted by Gasteiger charge is 2.25. The zero-order chi connectivity index (χ0) is 11.5. The van der Waals surface area contributed by atoms with E-state index in [9.17, 15) is 4.79 Å². The predicted octanol–water partition coefficient (Wildman–Crippen LogP) is 3.13. The number of hydrogen-bond acceptors (Lipinski definition) is 2. The van der Waals surface area contributed by atoms with E-state index < -0.39 is 0 Å². The Morgan fingerprint density at radius 2 is 2.44 bits per heavy atom. The maximum Gasteiger partial charge on any atom is 0.289 e. The molecule has 0 aliphatic carbocycles. The van der Waals surface area contributed by atoms with Crippen LogP contribution in [-0.2, 0) is 0 Å². The van der Waals surface area contributed by atoms with E-state index in [1.54, 1.807) is 12.1 Å². The fourth-order valence-corrected chi connectivity index (χ4v) is 2.52. The number of likely N-dealkylation sites (tertiary alicyclic amines) is 1. The molecule has 0 radical (unpaired) electrons. The lowest BCUT2D eigenvalue weighted by molar-refractivity contribution is 0.0651. The summed E-state index contributed by atoms with van der Waals surface area (Å²) in [5, 5.41) is 0. The van der Waals surface area contributed by atoms with Gasteiger partial charge in [-0.05, 0) is 46.8 Å². The van der Waals surface area contributed by atoms with Crippen LogP contribution in [0.3, 0.4) is 0 Å². The number of nitrogens with zero attached hydrogens (tertiary/aromatic N) is 1. The third-order valence-corrected chi connectivity index (χ3v) is 3.67. The smallest absolute Gasteiger partial charge is 0.289 e. The minimum Gasteiger partial charge on any atom is -0.444 e. The van der Waals surface area contributed by atoms with E-state index in [4.69, 9.17) is 16.0 Å². The molecule has 1 aromatic rings. The maximum atomic E-state index is 12.0. The zero-order valence-electron chi connectivity index (χ0n) is 8.79. The Balaban J connectivity index is 2.04. The molecule has 1 fully saturated rings.